The van der Waals surface area contributed by atoms with Gasteiger partial charge >= 0.3 is 5.69 Å². The number of fused-ring (bicyclic) bond motifs is 4. The van der Waals surface area contributed by atoms with Crippen molar-refractivity contribution in [2.75, 3.05) is 18.5 Å². The summed E-state index contributed by atoms with van der Waals surface area (Å²) >= 11 is 0. The number of hydrogen-bond donors (Lipinski definition) is 1. The Morgan fingerprint density at radius 2 is 1.84 bits per heavy atom. The van der Waals surface area contributed by atoms with Crippen LogP contribution in [0.25, 0.3) is 16.7 Å². The number of anilines is 1. The van der Waals surface area contributed by atoms with E-state index in [4.69, 9.17) is 14.2 Å². The van der Waals surface area contributed by atoms with Crippen LogP contribution in [-0.2, 0) is 11.3 Å². The van der Waals surface area contributed by atoms with Crippen LogP contribution >= 0.6 is 0 Å². The SMILES string of the molecule is Cc1cccc(Oc2nc3ccccc3n3c(=O)n(CC(=O)Nc4ccc5c(c4)OCCO5)nc23)c1C. The van der Waals surface area contributed by atoms with Crippen molar-refractivity contribution in [1.82, 2.24) is 19.2 Å². The Morgan fingerprint density at radius 1 is 1.03 bits per heavy atom. The molecule has 0 unspecified atom stereocenters. The first-order valence-electron chi connectivity index (χ1n) is 11.8. The van der Waals surface area contributed by atoms with E-state index in [2.05, 4.69) is 15.4 Å². The molecule has 3 aromatic carbocycles. The molecule has 0 spiro atoms. The first kappa shape index (κ1) is 22.6. The molecule has 1 aliphatic rings. The first-order valence-corrected chi connectivity index (χ1v) is 11.8. The highest BCUT2D eigenvalue weighted by Gasteiger charge is 2.20. The molecular formula is C27H23N5O5. The van der Waals surface area contributed by atoms with Gasteiger partial charge in [-0.2, -0.15) is 0 Å². The van der Waals surface area contributed by atoms with Crippen LogP contribution in [0.15, 0.2) is 65.5 Å². The molecule has 6 rings (SSSR count). The number of carbonyl (C=O) groups excluding carboxylic acids is 1. The maximum absolute atomic E-state index is 13.4. The van der Waals surface area contributed by atoms with E-state index in [1.807, 2.05) is 44.2 Å². The molecule has 186 valence electrons. The van der Waals surface area contributed by atoms with E-state index in [0.29, 0.717) is 47.2 Å². The number of para-hydroxylation sites is 2. The predicted molar refractivity (Wildman–Crippen MR) is 137 cm³/mol. The average Bonchev–Trinajstić information content (AvgIpc) is 3.23. The highest BCUT2D eigenvalue weighted by Crippen LogP contribution is 2.33. The fourth-order valence-corrected chi connectivity index (χ4v) is 4.24. The molecule has 0 aliphatic carbocycles. The molecule has 1 N–H and O–H groups in total. The zero-order valence-corrected chi connectivity index (χ0v) is 20.2. The van der Waals surface area contributed by atoms with E-state index in [1.165, 1.54) is 4.40 Å². The summed E-state index contributed by atoms with van der Waals surface area (Å²) in [6.45, 7) is 4.57. The predicted octanol–water partition coefficient (Wildman–Crippen LogP) is 3.86. The Balaban J connectivity index is 1.36. The number of rotatable bonds is 5. The molecule has 0 radical (unpaired) electrons. The Kier molecular flexibility index (Phi) is 5.48. The van der Waals surface area contributed by atoms with Crippen LogP contribution in [0.4, 0.5) is 5.69 Å². The molecule has 37 heavy (non-hydrogen) atoms. The van der Waals surface area contributed by atoms with Gasteiger partial charge in [0.1, 0.15) is 25.5 Å². The topological polar surface area (TPSA) is 109 Å². The van der Waals surface area contributed by atoms with Crippen LogP contribution in [0, 0.1) is 13.8 Å². The summed E-state index contributed by atoms with van der Waals surface area (Å²) in [4.78, 5) is 30.9. The summed E-state index contributed by atoms with van der Waals surface area (Å²) < 4.78 is 19.8. The van der Waals surface area contributed by atoms with Crippen LogP contribution in [0.3, 0.4) is 0 Å². The lowest BCUT2D eigenvalue weighted by Crippen LogP contribution is -2.28. The van der Waals surface area contributed by atoms with Crippen molar-refractivity contribution in [3.63, 3.8) is 0 Å². The lowest BCUT2D eigenvalue weighted by atomic mass is 10.1. The summed E-state index contributed by atoms with van der Waals surface area (Å²) in [6, 6.07) is 18.1. The summed E-state index contributed by atoms with van der Waals surface area (Å²) in [5, 5.41) is 7.22. The van der Waals surface area contributed by atoms with Crippen molar-refractivity contribution in [2.45, 2.75) is 20.4 Å². The summed E-state index contributed by atoms with van der Waals surface area (Å²) in [5.74, 6) is 1.55. The molecule has 2 aromatic heterocycles. The number of benzene rings is 3. The fourth-order valence-electron chi connectivity index (χ4n) is 4.24. The van der Waals surface area contributed by atoms with Gasteiger partial charge in [-0.05, 0) is 55.3 Å². The highest BCUT2D eigenvalue weighted by molar-refractivity contribution is 5.91. The van der Waals surface area contributed by atoms with E-state index in [9.17, 15) is 9.59 Å². The molecule has 0 atom stereocenters. The minimum atomic E-state index is -0.475. The minimum absolute atomic E-state index is 0.176. The normalized spacial score (nSPS) is 12.6. The standard InChI is InChI=1S/C27H23N5O5/c1-16-6-5-9-21(17(16)2)37-26-25-30-31(27(34)32(25)20-8-4-3-7-19(20)29-26)15-24(33)28-18-10-11-22-23(14-18)36-13-12-35-22/h3-11,14H,12-13,15H2,1-2H3,(H,28,33). The molecule has 1 amide bonds. The molecule has 0 bridgehead atoms. The molecule has 3 heterocycles. The lowest BCUT2D eigenvalue weighted by Gasteiger charge is -2.18. The average molecular weight is 498 g/mol. The van der Waals surface area contributed by atoms with Crippen molar-refractivity contribution in [2.24, 2.45) is 0 Å². The van der Waals surface area contributed by atoms with Crippen molar-refractivity contribution in [3.8, 4) is 23.1 Å². The first-order chi connectivity index (χ1) is 18.0. The second-order valence-electron chi connectivity index (χ2n) is 8.71. The van der Waals surface area contributed by atoms with Crippen molar-refractivity contribution in [3.05, 3.63) is 82.3 Å². The van der Waals surface area contributed by atoms with Gasteiger partial charge in [-0.15, -0.1) is 5.10 Å². The summed E-state index contributed by atoms with van der Waals surface area (Å²) in [6.07, 6.45) is 0. The molecular weight excluding hydrogens is 474 g/mol. The maximum Gasteiger partial charge on any atom is 0.351 e. The van der Waals surface area contributed by atoms with Gasteiger partial charge in [0.15, 0.2) is 11.5 Å². The van der Waals surface area contributed by atoms with Gasteiger partial charge in [-0.3, -0.25) is 4.79 Å². The molecule has 0 fully saturated rings. The minimum Gasteiger partial charge on any atom is -0.486 e. The maximum atomic E-state index is 13.4. The number of hydrogen-bond acceptors (Lipinski definition) is 7. The monoisotopic (exact) mass is 497 g/mol. The third-order valence-electron chi connectivity index (χ3n) is 6.26. The Bertz CT molecular complexity index is 1740. The third-order valence-corrected chi connectivity index (χ3v) is 6.26. The molecule has 1 aliphatic heterocycles. The van der Waals surface area contributed by atoms with Gasteiger partial charge in [0.05, 0.1) is 11.0 Å². The molecule has 10 nitrogen and oxygen atoms in total. The van der Waals surface area contributed by atoms with Crippen LogP contribution in [0.1, 0.15) is 11.1 Å². The number of nitrogens with zero attached hydrogens (tertiary/aromatic N) is 4. The van der Waals surface area contributed by atoms with Gasteiger partial charge < -0.3 is 19.5 Å². The van der Waals surface area contributed by atoms with Crippen molar-refractivity contribution in [1.29, 1.82) is 0 Å². The van der Waals surface area contributed by atoms with E-state index < -0.39 is 11.6 Å². The van der Waals surface area contributed by atoms with Crippen molar-refractivity contribution < 1.29 is 19.0 Å². The number of aryl methyl sites for hydroxylation is 1. The number of carbonyl (C=O) groups is 1. The van der Waals surface area contributed by atoms with E-state index in [-0.39, 0.29) is 18.1 Å². The Morgan fingerprint density at radius 3 is 2.70 bits per heavy atom. The molecule has 0 saturated heterocycles. The zero-order chi connectivity index (χ0) is 25.5. The number of nitrogens with one attached hydrogen (secondary N) is 1. The number of ether oxygens (including phenoxy) is 3. The molecule has 10 heteroatoms. The van der Waals surface area contributed by atoms with E-state index >= 15 is 0 Å². The van der Waals surface area contributed by atoms with Gasteiger partial charge in [-0.1, -0.05) is 24.3 Å². The van der Waals surface area contributed by atoms with Crippen LogP contribution in [0.5, 0.6) is 23.1 Å². The third kappa shape index (κ3) is 4.12. The quantitative estimate of drug-likeness (QED) is 0.393. The summed E-state index contributed by atoms with van der Waals surface area (Å²) in [7, 11) is 0. The largest absolute Gasteiger partial charge is 0.486 e. The zero-order valence-electron chi connectivity index (χ0n) is 20.2. The van der Waals surface area contributed by atoms with Gasteiger partial charge in [0.25, 0.3) is 5.88 Å². The smallest absolute Gasteiger partial charge is 0.351 e. The second kappa shape index (κ2) is 8.98. The Labute approximate surface area is 211 Å². The number of amides is 1. The number of aromatic nitrogens is 4. The summed E-state index contributed by atoms with van der Waals surface area (Å²) in [5.41, 5.74) is 3.42. The lowest BCUT2D eigenvalue weighted by molar-refractivity contribution is -0.117. The van der Waals surface area contributed by atoms with Gasteiger partial charge in [0, 0.05) is 11.8 Å². The van der Waals surface area contributed by atoms with Gasteiger partial charge in [-0.25, -0.2) is 18.9 Å². The molecule has 5 aromatic rings. The van der Waals surface area contributed by atoms with Crippen LogP contribution < -0.4 is 25.2 Å². The van der Waals surface area contributed by atoms with E-state index in [1.54, 1.807) is 30.3 Å². The van der Waals surface area contributed by atoms with Crippen LogP contribution in [0.2, 0.25) is 0 Å². The van der Waals surface area contributed by atoms with Gasteiger partial charge in [0.2, 0.25) is 11.6 Å². The van der Waals surface area contributed by atoms with E-state index in [0.717, 1.165) is 15.8 Å². The van der Waals surface area contributed by atoms with Crippen molar-refractivity contribution >= 4 is 28.3 Å². The highest BCUT2D eigenvalue weighted by atomic mass is 16.6. The molecule has 0 saturated carbocycles. The Hall–Kier alpha value is -4.86. The second-order valence-corrected chi connectivity index (χ2v) is 8.71. The van der Waals surface area contributed by atoms with Crippen LogP contribution in [-0.4, -0.2) is 38.3 Å². The fraction of sp³-hybridized carbons (Fsp3) is 0.185.